The number of ether oxygens (including phenoxy) is 2. The van der Waals surface area contributed by atoms with Crippen molar-refractivity contribution < 1.29 is 23.8 Å². The Labute approximate surface area is 267 Å². The molecular formula is C37H48FN3O4. The third kappa shape index (κ3) is 6.87. The molecule has 7 nitrogen and oxygen atoms in total. The summed E-state index contributed by atoms with van der Waals surface area (Å²) in [5, 5.41) is 10.0. The molecule has 0 radical (unpaired) electrons. The smallest absolute Gasteiger partial charge is 0.311 e. The van der Waals surface area contributed by atoms with E-state index >= 15 is 4.39 Å². The molecule has 2 aromatic carbocycles. The number of rotatable bonds is 12. The van der Waals surface area contributed by atoms with Gasteiger partial charge in [-0.2, -0.15) is 0 Å². The quantitative estimate of drug-likeness (QED) is 0.233. The standard InChI is InChI=1S/C37H48FN3O4/c1-6-10-28(7-2)40-18-15-27-21-26(22-31(38)29(27)16-19-40)23-45-35-25(3)11-8-12-30(35)32-13-9-14-34(39-32)41-20-17-37(4,36(42)43)33(41)24-44-5/h8-9,11-14,21-22,28,33H,6-7,10,15-20,23-24H2,1-5H3,(H,42,43). The van der Waals surface area contributed by atoms with Crippen LogP contribution < -0.4 is 9.64 Å². The monoisotopic (exact) mass is 617 g/mol. The second-order valence-corrected chi connectivity index (χ2v) is 12.9. The number of anilines is 1. The van der Waals surface area contributed by atoms with E-state index in [0.717, 1.165) is 72.3 Å². The predicted octanol–water partition coefficient (Wildman–Crippen LogP) is 7.07. The van der Waals surface area contributed by atoms with Crippen molar-refractivity contribution in [2.45, 2.75) is 84.9 Å². The van der Waals surface area contributed by atoms with E-state index in [1.54, 1.807) is 20.1 Å². The Kier molecular flexibility index (Phi) is 10.4. The fourth-order valence-corrected chi connectivity index (χ4v) is 7.23. The van der Waals surface area contributed by atoms with Gasteiger partial charge in [-0.1, -0.05) is 44.5 Å². The Hall–Kier alpha value is -3.49. The number of fused-ring (bicyclic) bond motifs is 1. The number of aliphatic carboxylic acids is 1. The topological polar surface area (TPSA) is 75.1 Å². The molecule has 3 heterocycles. The Bertz CT molecular complexity index is 1500. The van der Waals surface area contributed by atoms with Gasteiger partial charge in [0.15, 0.2) is 0 Å². The zero-order valence-corrected chi connectivity index (χ0v) is 27.4. The van der Waals surface area contributed by atoms with Crippen LogP contribution >= 0.6 is 0 Å². The number of methoxy groups -OCH3 is 1. The molecule has 5 rings (SSSR count). The number of pyridine rings is 1. The van der Waals surface area contributed by atoms with Crippen molar-refractivity contribution in [3.63, 3.8) is 0 Å². The molecule has 8 heteroatoms. The highest BCUT2D eigenvalue weighted by Crippen LogP contribution is 2.40. The first kappa shape index (κ1) is 32.9. The number of benzene rings is 2. The number of para-hydroxylation sites is 1. The van der Waals surface area contributed by atoms with Crippen LogP contribution in [0.5, 0.6) is 5.75 Å². The molecule has 2 aliphatic rings. The average Bonchev–Trinajstić information content (AvgIpc) is 3.22. The number of halogens is 1. The van der Waals surface area contributed by atoms with Gasteiger partial charge >= 0.3 is 5.97 Å². The van der Waals surface area contributed by atoms with E-state index in [2.05, 4.69) is 24.8 Å². The van der Waals surface area contributed by atoms with Crippen molar-refractivity contribution >= 4 is 11.8 Å². The Morgan fingerprint density at radius 3 is 2.64 bits per heavy atom. The molecule has 242 valence electrons. The van der Waals surface area contributed by atoms with E-state index in [1.807, 2.05) is 48.2 Å². The van der Waals surface area contributed by atoms with E-state index in [1.165, 1.54) is 6.42 Å². The maximum Gasteiger partial charge on any atom is 0.311 e. The van der Waals surface area contributed by atoms with E-state index in [-0.39, 0.29) is 18.5 Å². The fourth-order valence-electron chi connectivity index (χ4n) is 7.23. The van der Waals surface area contributed by atoms with Gasteiger partial charge in [0.05, 0.1) is 23.8 Å². The van der Waals surface area contributed by atoms with Crippen molar-refractivity contribution in [2.24, 2.45) is 5.41 Å². The maximum atomic E-state index is 15.5. The second-order valence-electron chi connectivity index (χ2n) is 12.9. The molecule has 0 aliphatic carbocycles. The molecule has 1 N–H and O–H groups in total. The van der Waals surface area contributed by atoms with Gasteiger partial charge < -0.3 is 19.5 Å². The van der Waals surface area contributed by atoms with Gasteiger partial charge in [-0.15, -0.1) is 0 Å². The Balaban J connectivity index is 1.37. The van der Waals surface area contributed by atoms with Crippen molar-refractivity contribution in [2.75, 3.05) is 38.3 Å². The van der Waals surface area contributed by atoms with Crippen LogP contribution in [0.15, 0.2) is 48.5 Å². The van der Waals surface area contributed by atoms with Crippen LogP contribution in [0.4, 0.5) is 10.2 Å². The molecule has 0 spiro atoms. The molecule has 0 amide bonds. The first-order valence-corrected chi connectivity index (χ1v) is 16.4. The molecule has 2 aliphatic heterocycles. The maximum absolute atomic E-state index is 15.5. The molecular weight excluding hydrogens is 569 g/mol. The lowest BCUT2D eigenvalue weighted by atomic mass is 9.83. The van der Waals surface area contributed by atoms with Gasteiger partial charge in [-0.25, -0.2) is 9.37 Å². The molecule has 0 bridgehead atoms. The third-order valence-electron chi connectivity index (χ3n) is 9.97. The van der Waals surface area contributed by atoms with Gasteiger partial charge in [-0.3, -0.25) is 9.69 Å². The van der Waals surface area contributed by atoms with E-state index in [9.17, 15) is 9.90 Å². The van der Waals surface area contributed by atoms with Crippen LogP contribution in [0.3, 0.4) is 0 Å². The second kappa shape index (κ2) is 14.3. The lowest BCUT2D eigenvalue weighted by molar-refractivity contribution is -0.148. The summed E-state index contributed by atoms with van der Waals surface area (Å²) in [5.74, 6) is 0.448. The molecule has 45 heavy (non-hydrogen) atoms. The van der Waals surface area contributed by atoms with Crippen molar-refractivity contribution in [3.05, 3.63) is 76.6 Å². The van der Waals surface area contributed by atoms with Crippen molar-refractivity contribution in [3.8, 4) is 17.0 Å². The summed E-state index contributed by atoms with van der Waals surface area (Å²) in [7, 11) is 1.60. The zero-order valence-electron chi connectivity index (χ0n) is 27.4. The molecule has 3 unspecified atom stereocenters. The largest absolute Gasteiger partial charge is 0.488 e. The summed E-state index contributed by atoms with van der Waals surface area (Å²) < 4.78 is 27.4. The highest BCUT2D eigenvalue weighted by atomic mass is 19.1. The minimum Gasteiger partial charge on any atom is -0.488 e. The molecule has 1 saturated heterocycles. The summed E-state index contributed by atoms with van der Waals surface area (Å²) >= 11 is 0. The van der Waals surface area contributed by atoms with Crippen LogP contribution in [0.2, 0.25) is 0 Å². The third-order valence-corrected chi connectivity index (χ3v) is 9.97. The van der Waals surface area contributed by atoms with Gasteiger partial charge in [0.2, 0.25) is 0 Å². The van der Waals surface area contributed by atoms with Gasteiger partial charge in [0, 0.05) is 38.3 Å². The van der Waals surface area contributed by atoms with Crippen LogP contribution in [0, 0.1) is 18.2 Å². The van der Waals surface area contributed by atoms with Crippen molar-refractivity contribution in [1.29, 1.82) is 0 Å². The summed E-state index contributed by atoms with van der Waals surface area (Å²) in [4.78, 5) is 21.8. The van der Waals surface area contributed by atoms with Crippen LogP contribution in [0.25, 0.3) is 11.3 Å². The molecule has 3 aromatic rings. The number of carbonyl (C=O) groups is 1. The first-order valence-electron chi connectivity index (χ1n) is 16.4. The summed E-state index contributed by atoms with van der Waals surface area (Å²) in [6.07, 6.45) is 5.55. The minimum atomic E-state index is -0.931. The van der Waals surface area contributed by atoms with Crippen LogP contribution in [-0.4, -0.2) is 66.4 Å². The number of hydrogen-bond donors (Lipinski definition) is 1. The van der Waals surface area contributed by atoms with E-state index < -0.39 is 11.4 Å². The van der Waals surface area contributed by atoms with E-state index in [0.29, 0.717) is 37.2 Å². The highest BCUT2D eigenvalue weighted by Gasteiger charge is 2.50. The minimum absolute atomic E-state index is 0.138. The highest BCUT2D eigenvalue weighted by molar-refractivity contribution is 5.77. The fraction of sp³-hybridized carbons (Fsp3) is 0.514. The molecule has 0 saturated carbocycles. The predicted molar refractivity (Wildman–Crippen MR) is 176 cm³/mol. The number of carboxylic acid groups (broad SMARTS) is 1. The van der Waals surface area contributed by atoms with Gasteiger partial charge in [0.25, 0.3) is 0 Å². The lowest BCUT2D eigenvalue weighted by Crippen LogP contribution is -2.46. The van der Waals surface area contributed by atoms with Gasteiger partial charge in [-0.05, 0) is 92.5 Å². The van der Waals surface area contributed by atoms with Crippen molar-refractivity contribution in [1.82, 2.24) is 9.88 Å². The lowest BCUT2D eigenvalue weighted by Gasteiger charge is -2.32. The zero-order chi connectivity index (χ0) is 32.1. The molecule has 1 aromatic heterocycles. The van der Waals surface area contributed by atoms with Gasteiger partial charge in [0.1, 0.15) is 24.0 Å². The summed E-state index contributed by atoms with van der Waals surface area (Å²) in [6, 6.07) is 15.7. The number of hydrogen-bond acceptors (Lipinski definition) is 6. The molecule has 3 atom stereocenters. The number of aromatic nitrogens is 1. The Morgan fingerprint density at radius 1 is 1.13 bits per heavy atom. The van der Waals surface area contributed by atoms with Crippen LogP contribution in [-0.2, 0) is 29.0 Å². The average molecular weight is 618 g/mol. The molecule has 1 fully saturated rings. The number of nitrogens with zero attached hydrogens (tertiary/aromatic N) is 3. The SMILES string of the molecule is CCCC(CC)N1CCc2cc(COc3c(C)cccc3-c3cccc(N4CCC(C)(C(=O)O)C4COC)n3)cc(F)c2CC1. The van der Waals surface area contributed by atoms with E-state index in [4.69, 9.17) is 14.5 Å². The normalized spacial score (nSPS) is 20.9. The summed E-state index contributed by atoms with van der Waals surface area (Å²) in [5.41, 5.74) is 4.36. The van der Waals surface area contributed by atoms with Crippen LogP contribution in [0.1, 0.15) is 68.7 Å². The summed E-state index contributed by atoms with van der Waals surface area (Å²) in [6.45, 7) is 11.2. The number of carboxylic acids is 1. The first-order chi connectivity index (χ1) is 21.7. The number of aryl methyl sites for hydroxylation is 1. The Morgan fingerprint density at radius 2 is 1.91 bits per heavy atom.